The maximum Gasteiger partial charge on any atom is 0.302 e. The second kappa shape index (κ2) is 10.4. The van der Waals surface area contributed by atoms with Gasteiger partial charge in [-0.2, -0.15) is 0 Å². The van der Waals surface area contributed by atoms with Gasteiger partial charge in [-0.3, -0.25) is 14.4 Å². The summed E-state index contributed by atoms with van der Waals surface area (Å²) in [4.78, 5) is 36.2. The zero-order chi connectivity index (χ0) is 22.6. The lowest BCUT2D eigenvalue weighted by Crippen LogP contribution is -2.37. The Morgan fingerprint density at radius 2 is 1.63 bits per heavy atom. The van der Waals surface area contributed by atoms with Crippen LogP contribution in [0.2, 0.25) is 0 Å². The van der Waals surface area contributed by atoms with Crippen LogP contribution in [0.4, 0.5) is 0 Å². The van der Waals surface area contributed by atoms with Gasteiger partial charge in [-0.25, -0.2) is 0 Å². The first-order valence-electron chi connectivity index (χ1n) is 10.8. The normalized spacial score (nSPS) is 34.0. The van der Waals surface area contributed by atoms with E-state index in [4.69, 9.17) is 9.47 Å². The first-order chi connectivity index (χ1) is 14.1. The van der Waals surface area contributed by atoms with Crippen molar-refractivity contribution < 1.29 is 29.0 Å². The average molecular weight is 421 g/mol. The van der Waals surface area contributed by atoms with Crippen LogP contribution in [-0.4, -0.2) is 41.6 Å². The first-order valence-corrected chi connectivity index (χ1v) is 10.8. The van der Waals surface area contributed by atoms with Crippen LogP contribution in [0.15, 0.2) is 23.3 Å². The van der Waals surface area contributed by atoms with Crippen molar-refractivity contribution in [3.8, 4) is 0 Å². The zero-order valence-electron chi connectivity index (χ0n) is 19.0. The lowest BCUT2D eigenvalue weighted by molar-refractivity contribution is -0.151. The molecule has 0 aromatic heterocycles. The van der Waals surface area contributed by atoms with Crippen LogP contribution in [-0.2, 0) is 23.9 Å². The average Bonchev–Trinajstić information content (AvgIpc) is 3.10. The Balaban J connectivity index is 2.38. The highest BCUT2D eigenvalue weighted by Gasteiger charge is 2.55. The van der Waals surface area contributed by atoms with Crippen molar-refractivity contribution in [2.24, 2.45) is 29.6 Å². The minimum absolute atomic E-state index is 0.0181. The third kappa shape index (κ3) is 5.60. The summed E-state index contributed by atoms with van der Waals surface area (Å²) in [7, 11) is 0. The Kier molecular flexibility index (Phi) is 8.42. The number of hydrogen-bond donors (Lipinski definition) is 1. The van der Waals surface area contributed by atoms with Crippen LogP contribution in [0.25, 0.3) is 0 Å². The molecule has 0 bridgehead atoms. The molecule has 2 aliphatic rings. The molecule has 30 heavy (non-hydrogen) atoms. The number of aliphatic hydroxyl groups is 1. The topological polar surface area (TPSA) is 89.9 Å². The molecule has 2 saturated carbocycles. The summed E-state index contributed by atoms with van der Waals surface area (Å²) in [6.45, 7) is 10.7. The SMILES string of the molecule is CC(=O)O[C@H]1CC(=O)[C@H]([C@H]2[C@H](CO)[C@H](OC(C)=O)C[C@H]2/C(C)=C\CC=C(C)C)[C@@H]1C. The second-order valence-electron chi connectivity index (χ2n) is 9.08. The van der Waals surface area contributed by atoms with Crippen LogP contribution in [0.5, 0.6) is 0 Å². The lowest BCUT2D eigenvalue weighted by Gasteiger charge is -2.33. The maximum atomic E-state index is 13.0. The minimum Gasteiger partial charge on any atom is -0.462 e. The number of ether oxygens (including phenoxy) is 2. The molecule has 0 aromatic carbocycles. The van der Waals surface area contributed by atoms with Gasteiger partial charge in [-0.1, -0.05) is 30.2 Å². The zero-order valence-corrected chi connectivity index (χ0v) is 19.0. The van der Waals surface area contributed by atoms with Gasteiger partial charge in [0.1, 0.15) is 18.0 Å². The molecule has 2 rings (SSSR count). The maximum absolute atomic E-state index is 13.0. The Labute approximate surface area is 179 Å². The van der Waals surface area contributed by atoms with Gasteiger partial charge in [0, 0.05) is 44.6 Å². The molecule has 0 aliphatic heterocycles. The van der Waals surface area contributed by atoms with Crippen molar-refractivity contribution in [3.05, 3.63) is 23.3 Å². The van der Waals surface area contributed by atoms with Gasteiger partial charge in [-0.15, -0.1) is 0 Å². The molecule has 0 radical (unpaired) electrons. The summed E-state index contributed by atoms with van der Waals surface area (Å²) < 4.78 is 11.0. The molecule has 2 fully saturated rings. The van der Waals surface area contributed by atoms with Gasteiger partial charge in [0.15, 0.2) is 0 Å². The Morgan fingerprint density at radius 1 is 1.03 bits per heavy atom. The van der Waals surface area contributed by atoms with Crippen LogP contribution >= 0.6 is 0 Å². The van der Waals surface area contributed by atoms with E-state index in [9.17, 15) is 19.5 Å². The molecule has 2 aliphatic carbocycles. The summed E-state index contributed by atoms with van der Waals surface area (Å²) >= 11 is 0. The number of ketones is 1. The fourth-order valence-corrected chi connectivity index (χ4v) is 5.33. The molecular weight excluding hydrogens is 384 g/mol. The Hall–Kier alpha value is -1.95. The molecule has 6 heteroatoms. The molecule has 0 aromatic rings. The number of Topliss-reactive ketones (excluding diaryl/α,β-unsaturated/α-hetero) is 1. The van der Waals surface area contributed by atoms with E-state index in [0.29, 0.717) is 6.42 Å². The van der Waals surface area contributed by atoms with E-state index in [0.717, 1.165) is 12.0 Å². The van der Waals surface area contributed by atoms with Crippen LogP contribution in [0.3, 0.4) is 0 Å². The molecule has 168 valence electrons. The first kappa shape index (κ1) is 24.3. The summed E-state index contributed by atoms with van der Waals surface area (Å²) in [6.07, 6.45) is 5.00. The number of allylic oxidation sites excluding steroid dienone is 4. The summed E-state index contributed by atoms with van der Waals surface area (Å²) in [5.74, 6) is -1.67. The van der Waals surface area contributed by atoms with E-state index in [1.165, 1.54) is 19.4 Å². The lowest BCUT2D eigenvalue weighted by atomic mass is 9.72. The van der Waals surface area contributed by atoms with Crippen molar-refractivity contribution in [1.29, 1.82) is 0 Å². The Morgan fingerprint density at radius 3 is 2.17 bits per heavy atom. The summed E-state index contributed by atoms with van der Waals surface area (Å²) in [5, 5.41) is 10.2. The Bertz CT molecular complexity index is 717. The quantitative estimate of drug-likeness (QED) is 0.500. The fourth-order valence-electron chi connectivity index (χ4n) is 5.33. The van der Waals surface area contributed by atoms with Gasteiger partial charge < -0.3 is 14.6 Å². The molecule has 0 saturated heterocycles. The molecular formula is C24H36O6. The van der Waals surface area contributed by atoms with Gasteiger partial charge in [-0.05, 0) is 45.4 Å². The number of esters is 2. The van der Waals surface area contributed by atoms with Crippen LogP contribution in [0.1, 0.15) is 60.8 Å². The fraction of sp³-hybridized carbons (Fsp3) is 0.708. The van der Waals surface area contributed by atoms with Crippen LogP contribution in [0, 0.1) is 29.6 Å². The largest absolute Gasteiger partial charge is 0.462 e. The van der Waals surface area contributed by atoms with Crippen molar-refractivity contribution >= 4 is 17.7 Å². The van der Waals surface area contributed by atoms with Crippen LogP contribution < -0.4 is 0 Å². The minimum atomic E-state index is -0.442. The molecule has 6 nitrogen and oxygen atoms in total. The highest BCUT2D eigenvalue weighted by atomic mass is 16.5. The van der Waals surface area contributed by atoms with Gasteiger partial charge in [0.25, 0.3) is 0 Å². The number of aliphatic hydroxyl groups excluding tert-OH is 1. The van der Waals surface area contributed by atoms with E-state index in [-0.39, 0.29) is 54.4 Å². The number of rotatable bonds is 7. The molecule has 1 N–H and O–H groups in total. The molecule has 0 amide bonds. The molecule has 0 heterocycles. The smallest absolute Gasteiger partial charge is 0.302 e. The van der Waals surface area contributed by atoms with Crippen molar-refractivity contribution in [1.82, 2.24) is 0 Å². The third-order valence-corrected chi connectivity index (χ3v) is 6.66. The van der Waals surface area contributed by atoms with Gasteiger partial charge in [0.2, 0.25) is 0 Å². The predicted octanol–water partition coefficient (Wildman–Crippen LogP) is 3.62. The predicted molar refractivity (Wildman–Crippen MR) is 113 cm³/mol. The number of hydrogen-bond acceptors (Lipinski definition) is 6. The summed E-state index contributed by atoms with van der Waals surface area (Å²) in [6, 6.07) is 0. The molecule has 7 atom stereocenters. The highest BCUT2D eigenvalue weighted by Crippen LogP contribution is 2.51. The van der Waals surface area contributed by atoms with Crippen molar-refractivity contribution in [2.75, 3.05) is 6.61 Å². The third-order valence-electron chi connectivity index (χ3n) is 6.66. The van der Waals surface area contributed by atoms with E-state index in [1.54, 1.807) is 0 Å². The number of carbonyl (C=O) groups is 3. The standard InChI is InChI=1S/C24H36O6/c1-13(2)8-7-9-14(3)18-10-22(30-17(6)27)19(12-25)24(18)23-15(4)21(11-20(23)28)29-16(5)26/h8-9,15,18-19,21-25H,7,10-12H2,1-6H3/b14-9-/t15-,18+,19-,21+,22-,23-,24-/m1/s1. The molecule has 0 unspecified atom stereocenters. The van der Waals surface area contributed by atoms with Gasteiger partial charge in [0.05, 0.1) is 0 Å². The molecule has 0 spiro atoms. The van der Waals surface area contributed by atoms with Crippen molar-refractivity contribution in [3.63, 3.8) is 0 Å². The van der Waals surface area contributed by atoms with Crippen molar-refractivity contribution in [2.45, 2.75) is 73.0 Å². The monoisotopic (exact) mass is 420 g/mol. The summed E-state index contributed by atoms with van der Waals surface area (Å²) in [5.41, 5.74) is 2.37. The van der Waals surface area contributed by atoms with E-state index < -0.39 is 18.2 Å². The second-order valence-corrected chi connectivity index (χ2v) is 9.08. The van der Waals surface area contributed by atoms with Gasteiger partial charge >= 0.3 is 11.9 Å². The van der Waals surface area contributed by atoms with E-state index in [1.807, 2.05) is 20.8 Å². The van der Waals surface area contributed by atoms with E-state index in [2.05, 4.69) is 19.1 Å². The highest BCUT2D eigenvalue weighted by molar-refractivity contribution is 5.85. The number of carbonyl (C=O) groups excluding carboxylic acids is 3. The van der Waals surface area contributed by atoms with E-state index >= 15 is 0 Å².